The average Bonchev–Trinajstić information content (AvgIpc) is 2.60. The predicted octanol–water partition coefficient (Wildman–Crippen LogP) is 1.38. The first-order chi connectivity index (χ1) is 13.0. The summed E-state index contributed by atoms with van der Waals surface area (Å²) in [5.41, 5.74) is -0.453. The SMILES string of the molecule is CC(CCOc1ccc(S(C)(=O)=O)cc1)N1CC[NH+](C(=O)OC(C)(C)C)CC1. The molecule has 0 spiro atoms. The Kier molecular flexibility index (Phi) is 7.47. The monoisotopic (exact) mass is 413 g/mol. The molecule has 0 bridgehead atoms. The molecule has 1 unspecified atom stereocenters. The van der Waals surface area contributed by atoms with Crippen LogP contribution in [0.15, 0.2) is 29.2 Å². The first kappa shape index (κ1) is 22.6. The van der Waals surface area contributed by atoms with E-state index in [2.05, 4.69) is 11.8 Å². The molecule has 28 heavy (non-hydrogen) atoms. The minimum absolute atomic E-state index is 0.166. The summed E-state index contributed by atoms with van der Waals surface area (Å²) < 4.78 is 34.2. The van der Waals surface area contributed by atoms with Gasteiger partial charge in [-0.15, -0.1) is 0 Å². The van der Waals surface area contributed by atoms with Crippen molar-refractivity contribution in [2.24, 2.45) is 0 Å². The molecule has 2 rings (SSSR count). The maximum atomic E-state index is 12.2. The number of amides is 1. The van der Waals surface area contributed by atoms with E-state index in [4.69, 9.17) is 9.47 Å². The number of nitrogens with zero attached hydrogens (tertiary/aromatic N) is 1. The lowest BCUT2D eigenvalue weighted by molar-refractivity contribution is -0.830. The summed E-state index contributed by atoms with van der Waals surface area (Å²) >= 11 is 0. The molecule has 1 aliphatic rings. The van der Waals surface area contributed by atoms with Crippen LogP contribution in [-0.4, -0.2) is 70.1 Å². The second-order valence-electron chi connectivity index (χ2n) is 8.37. The smallest absolute Gasteiger partial charge is 0.494 e. The third-order valence-corrected chi connectivity index (χ3v) is 5.90. The van der Waals surface area contributed by atoms with Gasteiger partial charge in [-0.05, 0) is 58.4 Å². The number of carbonyl (C=O) groups is 1. The highest BCUT2D eigenvalue weighted by atomic mass is 32.2. The predicted molar refractivity (Wildman–Crippen MR) is 108 cm³/mol. The highest BCUT2D eigenvalue weighted by Crippen LogP contribution is 2.16. The summed E-state index contributed by atoms with van der Waals surface area (Å²) in [5.74, 6) is 0.666. The van der Waals surface area contributed by atoms with Gasteiger partial charge in [0.2, 0.25) is 0 Å². The van der Waals surface area contributed by atoms with Gasteiger partial charge in [-0.2, -0.15) is 4.79 Å². The molecule has 1 aliphatic heterocycles. The van der Waals surface area contributed by atoms with Gasteiger partial charge >= 0.3 is 6.09 Å². The van der Waals surface area contributed by atoms with Gasteiger partial charge in [-0.25, -0.2) is 13.3 Å². The Morgan fingerprint density at radius 2 is 1.75 bits per heavy atom. The molecule has 1 N–H and O–H groups in total. The number of rotatable bonds is 6. The number of quaternary nitrogens is 1. The lowest BCUT2D eigenvalue weighted by atomic mass is 10.2. The molecule has 1 amide bonds. The maximum absolute atomic E-state index is 12.2. The molecule has 1 atom stereocenters. The summed E-state index contributed by atoms with van der Waals surface area (Å²) in [6, 6.07) is 6.84. The van der Waals surface area contributed by atoms with Crippen molar-refractivity contribution in [2.75, 3.05) is 39.0 Å². The van der Waals surface area contributed by atoms with Gasteiger partial charge in [0, 0.05) is 25.4 Å². The Morgan fingerprint density at radius 3 is 2.25 bits per heavy atom. The standard InChI is InChI=1S/C20H32N2O5S/c1-16(10-15-26-17-6-8-18(9-7-17)28(5,24)25)21-11-13-22(14-12-21)19(23)27-20(2,3)4/h6-9,16H,10-15H2,1-5H3/p+1. The molecule has 1 heterocycles. The first-order valence-electron chi connectivity index (χ1n) is 9.71. The summed E-state index contributed by atoms with van der Waals surface area (Å²) in [6.07, 6.45) is 1.88. The van der Waals surface area contributed by atoms with Crippen LogP contribution in [0.3, 0.4) is 0 Å². The summed E-state index contributed by atoms with van der Waals surface area (Å²) in [7, 11) is -3.19. The molecule has 0 aliphatic carbocycles. The van der Waals surface area contributed by atoms with Gasteiger partial charge < -0.3 is 9.47 Å². The zero-order valence-corrected chi connectivity index (χ0v) is 18.3. The minimum Gasteiger partial charge on any atom is -0.494 e. The molecule has 0 radical (unpaired) electrons. The summed E-state index contributed by atoms with van der Waals surface area (Å²) in [6.45, 7) is 11.6. The van der Waals surface area contributed by atoms with Crippen molar-refractivity contribution in [3.8, 4) is 5.75 Å². The van der Waals surface area contributed by atoms with E-state index in [1.807, 2.05) is 20.8 Å². The third-order valence-electron chi connectivity index (χ3n) is 4.77. The number of nitrogens with one attached hydrogen (secondary N) is 1. The first-order valence-corrected chi connectivity index (χ1v) is 11.6. The second kappa shape index (κ2) is 9.24. The van der Waals surface area contributed by atoms with Crippen molar-refractivity contribution >= 4 is 15.9 Å². The zero-order valence-electron chi connectivity index (χ0n) is 17.5. The van der Waals surface area contributed by atoms with Gasteiger partial charge in [-0.3, -0.25) is 4.90 Å². The molecule has 0 saturated carbocycles. The highest BCUT2D eigenvalue weighted by molar-refractivity contribution is 7.90. The number of hydrogen-bond acceptors (Lipinski definition) is 6. The maximum Gasteiger partial charge on any atom is 0.514 e. The topological polar surface area (TPSA) is 77.4 Å². The highest BCUT2D eigenvalue weighted by Gasteiger charge is 2.31. The molecule has 1 aromatic carbocycles. The van der Waals surface area contributed by atoms with E-state index in [-0.39, 0.29) is 6.09 Å². The van der Waals surface area contributed by atoms with Crippen LogP contribution in [0.1, 0.15) is 34.1 Å². The number of ether oxygens (including phenoxy) is 2. The van der Waals surface area contributed by atoms with E-state index in [9.17, 15) is 13.2 Å². The lowest BCUT2D eigenvalue weighted by Crippen LogP contribution is -3.17. The third kappa shape index (κ3) is 7.07. The Hall–Kier alpha value is -1.64. The van der Waals surface area contributed by atoms with Gasteiger partial charge in [-0.1, -0.05) is 0 Å². The van der Waals surface area contributed by atoms with Gasteiger partial charge in [0.15, 0.2) is 9.84 Å². The number of sulfone groups is 1. The van der Waals surface area contributed by atoms with Crippen LogP contribution in [0.5, 0.6) is 5.75 Å². The molecule has 1 fully saturated rings. The molecule has 158 valence electrons. The van der Waals surface area contributed by atoms with Crippen LogP contribution in [0.2, 0.25) is 0 Å². The molecule has 1 saturated heterocycles. The summed E-state index contributed by atoms with van der Waals surface area (Å²) in [4.78, 5) is 15.7. The van der Waals surface area contributed by atoms with Crippen LogP contribution in [-0.2, 0) is 14.6 Å². The number of hydrogen-bond donors (Lipinski definition) is 1. The van der Waals surface area contributed by atoms with E-state index in [0.29, 0.717) is 23.3 Å². The van der Waals surface area contributed by atoms with E-state index in [1.54, 1.807) is 24.3 Å². The average molecular weight is 414 g/mol. The molecular weight excluding hydrogens is 380 g/mol. The Balaban J connectivity index is 1.73. The normalized spacial score (nSPS) is 17.9. The van der Waals surface area contributed by atoms with Crippen molar-refractivity contribution in [1.82, 2.24) is 4.90 Å². The molecule has 8 heteroatoms. The van der Waals surface area contributed by atoms with Crippen molar-refractivity contribution in [3.05, 3.63) is 24.3 Å². The van der Waals surface area contributed by atoms with Crippen LogP contribution in [0.4, 0.5) is 4.79 Å². The largest absolute Gasteiger partial charge is 0.514 e. The van der Waals surface area contributed by atoms with Crippen LogP contribution in [0, 0.1) is 0 Å². The van der Waals surface area contributed by atoms with Gasteiger partial charge in [0.25, 0.3) is 0 Å². The van der Waals surface area contributed by atoms with Crippen molar-refractivity contribution in [2.45, 2.75) is 50.7 Å². The molecule has 1 aromatic rings. The molecule has 0 aromatic heterocycles. The van der Waals surface area contributed by atoms with Gasteiger partial charge in [0.1, 0.15) is 11.4 Å². The quantitative estimate of drug-likeness (QED) is 0.759. The fourth-order valence-corrected chi connectivity index (χ4v) is 3.73. The Morgan fingerprint density at radius 1 is 1.18 bits per heavy atom. The summed E-state index contributed by atoms with van der Waals surface area (Å²) in [5, 5.41) is 0. The molecule has 7 nitrogen and oxygen atoms in total. The van der Waals surface area contributed by atoms with Crippen molar-refractivity contribution < 1.29 is 27.6 Å². The van der Waals surface area contributed by atoms with Crippen LogP contribution < -0.4 is 9.64 Å². The number of carbonyl (C=O) groups excluding carboxylic acids is 1. The van der Waals surface area contributed by atoms with E-state index in [0.717, 1.165) is 37.5 Å². The van der Waals surface area contributed by atoms with E-state index in [1.165, 1.54) is 6.26 Å². The molecular formula is C20H33N2O5S+. The van der Waals surface area contributed by atoms with E-state index < -0.39 is 15.4 Å². The number of benzene rings is 1. The lowest BCUT2D eigenvalue weighted by Gasteiger charge is -2.35. The fraction of sp³-hybridized carbons (Fsp3) is 0.650. The second-order valence-corrected chi connectivity index (χ2v) is 10.4. The van der Waals surface area contributed by atoms with Crippen LogP contribution >= 0.6 is 0 Å². The van der Waals surface area contributed by atoms with Gasteiger partial charge in [0.05, 0.1) is 24.6 Å². The Bertz CT molecular complexity index is 748. The number of alkyl carbamates (subject to hydrolysis) is 2. The fourth-order valence-electron chi connectivity index (χ4n) is 3.10. The van der Waals surface area contributed by atoms with Crippen LogP contribution in [0.25, 0.3) is 0 Å². The van der Waals surface area contributed by atoms with E-state index >= 15 is 0 Å². The zero-order chi connectivity index (χ0) is 20.9. The number of piperazine rings is 1. The van der Waals surface area contributed by atoms with Crippen molar-refractivity contribution in [1.29, 1.82) is 0 Å². The minimum atomic E-state index is -3.19. The Labute approximate surface area is 168 Å². The van der Waals surface area contributed by atoms with Crippen molar-refractivity contribution in [3.63, 3.8) is 0 Å².